The van der Waals surface area contributed by atoms with Crippen molar-refractivity contribution in [1.82, 2.24) is 0 Å². The lowest BCUT2D eigenvalue weighted by Crippen LogP contribution is -2.30. The van der Waals surface area contributed by atoms with Crippen molar-refractivity contribution in [2.45, 2.75) is 97.8 Å². The quantitative estimate of drug-likeness (QED) is 0.189. The third kappa shape index (κ3) is 6.05. The molecule has 2 nitrogen and oxygen atoms in total. The minimum absolute atomic E-state index is 0.404. The van der Waals surface area contributed by atoms with Crippen molar-refractivity contribution in [3.63, 3.8) is 0 Å². The van der Waals surface area contributed by atoms with Crippen LogP contribution in [-0.2, 0) is 12.8 Å². The summed E-state index contributed by atoms with van der Waals surface area (Å²) in [5, 5.41) is 5.15. The molecule has 0 atom stereocenters. The van der Waals surface area contributed by atoms with Crippen LogP contribution >= 0.6 is 0 Å². The molecule has 1 heterocycles. The Morgan fingerprint density at radius 2 is 1.07 bits per heavy atom. The summed E-state index contributed by atoms with van der Waals surface area (Å²) >= 11 is 0. The van der Waals surface area contributed by atoms with Crippen LogP contribution in [0.5, 0.6) is 11.5 Å². The SMILES string of the molecule is CCCCCc1cc2ccccc2c2c1OCC(C1CCC(C)CC1)COc1c(CCCCC)cc3ccccc3c1-2. The van der Waals surface area contributed by atoms with E-state index in [0.29, 0.717) is 11.8 Å². The fourth-order valence-electron chi connectivity index (χ4n) is 7.56. The van der Waals surface area contributed by atoms with Gasteiger partial charge in [-0.3, -0.25) is 0 Å². The molecule has 0 saturated heterocycles. The first-order valence-corrected chi connectivity index (χ1v) is 17.0. The predicted molar refractivity (Wildman–Crippen MR) is 179 cm³/mol. The van der Waals surface area contributed by atoms with Crippen molar-refractivity contribution < 1.29 is 9.47 Å². The summed E-state index contributed by atoms with van der Waals surface area (Å²) in [5.41, 5.74) is 5.23. The van der Waals surface area contributed by atoms with Crippen molar-refractivity contribution in [3.8, 4) is 22.6 Å². The Morgan fingerprint density at radius 3 is 1.55 bits per heavy atom. The molecule has 6 rings (SSSR count). The highest BCUT2D eigenvalue weighted by Gasteiger charge is 2.31. The maximum absolute atomic E-state index is 7.14. The topological polar surface area (TPSA) is 18.5 Å². The van der Waals surface area contributed by atoms with Crippen LogP contribution < -0.4 is 9.47 Å². The van der Waals surface area contributed by atoms with Gasteiger partial charge in [-0.2, -0.15) is 0 Å². The van der Waals surface area contributed by atoms with Crippen LogP contribution in [0.1, 0.15) is 96.1 Å². The Balaban J connectivity index is 1.59. The van der Waals surface area contributed by atoms with Gasteiger partial charge in [0.05, 0.1) is 13.2 Å². The largest absolute Gasteiger partial charge is 0.492 e. The van der Waals surface area contributed by atoms with Gasteiger partial charge in [0.2, 0.25) is 0 Å². The molecule has 1 aliphatic carbocycles. The molecular formula is C40H50O2. The lowest BCUT2D eigenvalue weighted by molar-refractivity contribution is 0.101. The third-order valence-electron chi connectivity index (χ3n) is 10.1. The summed E-state index contributed by atoms with van der Waals surface area (Å²) in [4.78, 5) is 0. The van der Waals surface area contributed by atoms with Gasteiger partial charge in [0.1, 0.15) is 11.5 Å². The molecule has 42 heavy (non-hydrogen) atoms. The Hall–Kier alpha value is -3.00. The van der Waals surface area contributed by atoms with E-state index in [-0.39, 0.29) is 0 Å². The first-order chi connectivity index (χ1) is 20.7. The number of hydrogen-bond donors (Lipinski definition) is 0. The highest BCUT2D eigenvalue weighted by Crippen LogP contribution is 2.50. The van der Waals surface area contributed by atoms with E-state index >= 15 is 0 Å². The Kier molecular flexibility index (Phi) is 9.37. The van der Waals surface area contributed by atoms with Crippen LogP contribution in [0.25, 0.3) is 32.7 Å². The van der Waals surface area contributed by atoms with Crippen LogP contribution in [0.15, 0.2) is 60.7 Å². The van der Waals surface area contributed by atoms with Gasteiger partial charge in [-0.05, 0) is 95.2 Å². The molecule has 0 radical (unpaired) electrons. The second-order valence-electron chi connectivity index (χ2n) is 13.2. The van der Waals surface area contributed by atoms with Crippen molar-refractivity contribution >= 4 is 21.5 Å². The lowest BCUT2D eigenvalue weighted by atomic mass is 9.77. The second-order valence-corrected chi connectivity index (χ2v) is 13.2. The fourth-order valence-corrected chi connectivity index (χ4v) is 7.56. The van der Waals surface area contributed by atoms with Crippen molar-refractivity contribution in [2.75, 3.05) is 13.2 Å². The van der Waals surface area contributed by atoms with Gasteiger partial charge < -0.3 is 9.47 Å². The van der Waals surface area contributed by atoms with E-state index in [4.69, 9.17) is 9.47 Å². The first kappa shape index (κ1) is 29.1. The molecule has 222 valence electrons. The van der Waals surface area contributed by atoms with Crippen LogP contribution in [0.4, 0.5) is 0 Å². The van der Waals surface area contributed by atoms with E-state index in [1.807, 2.05) is 0 Å². The third-order valence-corrected chi connectivity index (χ3v) is 10.1. The zero-order valence-corrected chi connectivity index (χ0v) is 26.2. The number of fused-ring (bicyclic) bond motifs is 7. The molecule has 4 aromatic carbocycles. The van der Waals surface area contributed by atoms with E-state index in [9.17, 15) is 0 Å². The van der Waals surface area contributed by atoms with Gasteiger partial charge in [0, 0.05) is 17.0 Å². The van der Waals surface area contributed by atoms with Crippen LogP contribution in [0.3, 0.4) is 0 Å². The number of aryl methyl sites for hydroxylation is 2. The number of unbranched alkanes of at least 4 members (excludes halogenated alkanes) is 4. The summed E-state index contributed by atoms with van der Waals surface area (Å²) < 4.78 is 14.3. The second kappa shape index (κ2) is 13.5. The Morgan fingerprint density at radius 1 is 0.595 bits per heavy atom. The van der Waals surface area contributed by atoms with Gasteiger partial charge in [0.25, 0.3) is 0 Å². The van der Waals surface area contributed by atoms with Crippen LogP contribution in [-0.4, -0.2) is 13.2 Å². The highest BCUT2D eigenvalue weighted by molar-refractivity contribution is 6.10. The normalized spacial score (nSPS) is 19.3. The molecule has 0 N–H and O–H groups in total. The number of rotatable bonds is 9. The van der Waals surface area contributed by atoms with Gasteiger partial charge in [-0.25, -0.2) is 0 Å². The Labute approximate surface area is 253 Å². The van der Waals surface area contributed by atoms with Gasteiger partial charge in [0.15, 0.2) is 0 Å². The first-order valence-electron chi connectivity index (χ1n) is 17.0. The minimum Gasteiger partial charge on any atom is -0.492 e. The molecule has 4 aromatic rings. The smallest absolute Gasteiger partial charge is 0.131 e. The molecule has 1 saturated carbocycles. The van der Waals surface area contributed by atoms with E-state index in [0.717, 1.165) is 43.5 Å². The van der Waals surface area contributed by atoms with Crippen LogP contribution in [0.2, 0.25) is 0 Å². The molecular weight excluding hydrogens is 512 g/mol. The summed E-state index contributed by atoms with van der Waals surface area (Å²) in [5.74, 6) is 4.14. The van der Waals surface area contributed by atoms with E-state index < -0.39 is 0 Å². The standard InChI is InChI=1S/C40H50O2/c1-4-6-8-16-32-24-30-14-10-12-18-35(30)37-38-36-19-13-11-15-31(36)25-33(17-9-7-5-2)40(38)42-27-34(26-41-39(32)37)29-22-20-28(3)21-23-29/h10-15,18-19,24-25,28-29,34H,4-9,16-17,20-23,26-27H2,1-3H3. The molecule has 0 unspecified atom stereocenters. The summed E-state index contributed by atoms with van der Waals surface area (Å²) in [6.07, 6.45) is 14.7. The van der Waals surface area contributed by atoms with Gasteiger partial charge in [-0.1, -0.05) is 108 Å². The molecule has 0 aromatic heterocycles. The molecule has 2 heteroatoms. The number of hydrogen-bond acceptors (Lipinski definition) is 2. The molecule has 2 aliphatic rings. The number of ether oxygens (including phenoxy) is 2. The zero-order valence-electron chi connectivity index (χ0n) is 26.2. The zero-order chi connectivity index (χ0) is 28.9. The van der Waals surface area contributed by atoms with Gasteiger partial charge in [-0.15, -0.1) is 0 Å². The van der Waals surface area contributed by atoms with Crippen molar-refractivity contribution in [3.05, 3.63) is 71.8 Å². The summed E-state index contributed by atoms with van der Waals surface area (Å²) in [6.45, 7) is 8.48. The number of benzene rings is 4. The van der Waals surface area contributed by atoms with E-state index in [1.54, 1.807) is 0 Å². The molecule has 0 amide bonds. The summed E-state index contributed by atoms with van der Waals surface area (Å²) in [7, 11) is 0. The maximum atomic E-state index is 7.14. The molecule has 0 spiro atoms. The highest BCUT2D eigenvalue weighted by atomic mass is 16.5. The Bertz CT molecular complexity index is 1390. The van der Waals surface area contributed by atoms with Gasteiger partial charge >= 0.3 is 0 Å². The average Bonchev–Trinajstić information content (AvgIpc) is 3.10. The lowest BCUT2D eigenvalue weighted by Gasteiger charge is -2.32. The summed E-state index contributed by atoms with van der Waals surface area (Å²) in [6, 6.07) is 22.7. The molecule has 1 aliphatic heterocycles. The van der Waals surface area contributed by atoms with Crippen molar-refractivity contribution in [1.29, 1.82) is 0 Å². The van der Waals surface area contributed by atoms with Crippen molar-refractivity contribution in [2.24, 2.45) is 17.8 Å². The molecule has 1 fully saturated rings. The van der Waals surface area contributed by atoms with E-state index in [1.165, 1.54) is 108 Å². The fraction of sp³-hybridized carbons (Fsp3) is 0.500. The van der Waals surface area contributed by atoms with Crippen LogP contribution in [0, 0.1) is 17.8 Å². The predicted octanol–water partition coefficient (Wildman–Crippen LogP) is 11.3. The minimum atomic E-state index is 0.404. The van der Waals surface area contributed by atoms with E-state index in [2.05, 4.69) is 81.4 Å². The molecule has 0 bridgehead atoms. The maximum Gasteiger partial charge on any atom is 0.131 e. The average molecular weight is 563 g/mol. The monoisotopic (exact) mass is 562 g/mol.